The molecule has 0 spiro atoms. The first kappa shape index (κ1) is 22.9. The quantitative estimate of drug-likeness (QED) is 0.384. The van der Waals surface area contributed by atoms with Gasteiger partial charge in [-0.15, -0.1) is 0 Å². The molecule has 1 rings (SSSR count). The van der Waals surface area contributed by atoms with Crippen molar-refractivity contribution in [3.63, 3.8) is 0 Å². The summed E-state index contributed by atoms with van der Waals surface area (Å²) in [5.74, 6) is -1.39. The van der Waals surface area contributed by atoms with Crippen molar-refractivity contribution < 1.29 is 23.9 Å². The van der Waals surface area contributed by atoms with Gasteiger partial charge in [-0.05, 0) is 20.8 Å². The Morgan fingerprint density at radius 2 is 1.69 bits per heavy atom. The number of nitrogens with one attached hydrogen (secondary N) is 3. The van der Waals surface area contributed by atoms with Crippen LogP contribution in [0.15, 0.2) is 0 Å². The smallest absolute Gasteiger partial charge is 0.249 e. The fourth-order valence-corrected chi connectivity index (χ4v) is 2.49. The number of ether oxygens (including phenoxy) is 2. The number of hydrogen-bond acceptors (Lipinski definition) is 5. The largest absolute Gasteiger partial charge is 0.354 e. The molecule has 0 radical (unpaired) electrons. The van der Waals surface area contributed by atoms with Gasteiger partial charge in [-0.3, -0.25) is 14.4 Å². The van der Waals surface area contributed by atoms with E-state index in [1.54, 1.807) is 20.8 Å². The predicted molar refractivity (Wildman–Crippen MR) is 101 cm³/mol. The lowest BCUT2D eigenvalue weighted by Gasteiger charge is -2.44. The van der Waals surface area contributed by atoms with E-state index in [0.717, 1.165) is 0 Å². The first-order valence-electron chi connectivity index (χ1n) is 8.72. The van der Waals surface area contributed by atoms with Crippen molar-refractivity contribution in [1.82, 2.24) is 16.0 Å². The average Bonchev–Trinajstić information content (AvgIpc) is 2.53. The lowest BCUT2D eigenvalue weighted by Crippen LogP contribution is -2.56. The standard InChI is InChI=1S/C17H30BrN3O5/c1-11(18)14(23)21-9-8-19-12(22)6-7-20-15(24)13-16(2,3)10-25-17(4,5)26-13/h11,13H,6-10H2,1-5H3,(H,19,22)(H,20,24)(H,21,23)/t11?,13-/m0/s1. The fraction of sp³-hybridized carbons (Fsp3) is 0.824. The van der Waals surface area contributed by atoms with Gasteiger partial charge in [0, 0.05) is 31.5 Å². The zero-order valence-corrected chi connectivity index (χ0v) is 17.7. The van der Waals surface area contributed by atoms with Crippen LogP contribution < -0.4 is 16.0 Å². The van der Waals surface area contributed by atoms with Gasteiger partial charge in [0.1, 0.15) is 6.10 Å². The van der Waals surface area contributed by atoms with E-state index in [1.807, 2.05) is 13.8 Å². The number of alkyl halides is 1. The SMILES string of the molecule is CC(Br)C(=O)NCCNC(=O)CCNC(=O)[C@@H]1OC(C)(C)OCC1(C)C. The van der Waals surface area contributed by atoms with Crippen molar-refractivity contribution in [2.24, 2.45) is 5.41 Å². The molecule has 8 nitrogen and oxygen atoms in total. The molecular formula is C17H30BrN3O5. The summed E-state index contributed by atoms with van der Waals surface area (Å²) >= 11 is 3.16. The second-order valence-electron chi connectivity index (χ2n) is 7.47. The van der Waals surface area contributed by atoms with E-state index >= 15 is 0 Å². The summed E-state index contributed by atoms with van der Waals surface area (Å²) in [7, 11) is 0. The lowest BCUT2D eigenvalue weighted by molar-refractivity contribution is -0.304. The Hall–Kier alpha value is -1.19. The highest BCUT2D eigenvalue weighted by Gasteiger charge is 2.45. The molecule has 1 heterocycles. The molecule has 0 aromatic rings. The number of hydrogen-bond donors (Lipinski definition) is 3. The van der Waals surface area contributed by atoms with E-state index in [1.165, 1.54) is 0 Å². The summed E-state index contributed by atoms with van der Waals surface area (Å²) in [6, 6.07) is 0. The number of carbonyl (C=O) groups excluding carboxylic acids is 3. The third-order valence-corrected chi connectivity index (χ3v) is 4.32. The van der Waals surface area contributed by atoms with E-state index in [9.17, 15) is 14.4 Å². The summed E-state index contributed by atoms with van der Waals surface area (Å²) < 4.78 is 11.3. The minimum Gasteiger partial charge on any atom is -0.354 e. The van der Waals surface area contributed by atoms with Crippen molar-refractivity contribution >= 4 is 33.7 Å². The maximum atomic E-state index is 12.4. The van der Waals surface area contributed by atoms with Gasteiger partial charge in [-0.25, -0.2) is 0 Å². The van der Waals surface area contributed by atoms with Crippen molar-refractivity contribution in [3.8, 4) is 0 Å². The summed E-state index contributed by atoms with van der Waals surface area (Å²) in [6.45, 7) is 10.4. The van der Waals surface area contributed by atoms with E-state index in [4.69, 9.17) is 9.47 Å². The van der Waals surface area contributed by atoms with Gasteiger partial charge in [0.05, 0.1) is 11.4 Å². The molecule has 0 aliphatic carbocycles. The zero-order valence-electron chi connectivity index (χ0n) is 16.1. The van der Waals surface area contributed by atoms with Gasteiger partial charge in [-0.1, -0.05) is 29.8 Å². The molecule has 1 unspecified atom stereocenters. The summed E-state index contributed by atoms with van der Waals surface area (Å²) in [4.78, 5) is 35.3. The van der Waals surface area contributed by atoms with Crippen molar-refractivity contribution in [2.45, 2.75) is 57.8 Å². The Morgan fingerprint density at radius 1 is 1.08 bits per heavy atom. The first-order chi connectivity index (χ1) is 11.9. The van der Waals surface area contributed by atoms with Crippen LogP contribution in [0.3, 0.4) is 0 Å². The minimum atomic E-state index is -0.814. The van der Waals surface area contributed by atoms with Crippen molar-refractivity contribution in [2.75, 3.05) is 26.2 Å². The molecule has 3 N–H and O–H groups in total. The zero-order chi connectivity index (χ0) is 20.0. The van der Waals surface area contributed by atoms with Crippen LogP contribution in [0.4, 0.5) is 0 Å². The molecule has 26 heavy (non-hydrogen) atoms. The minimum absolute atomic E-state index is 0.131. The summed E-state index contributed by atoms with van der Waals surface area (Å²) in [6.07, 6.45) is -0.488. The average molecular weight is 436 g/mol. The van der Waals surface area contributed by atoms with E-state index in [-0.39, 0.29) is 35.5 Å². The van der Waals surface area contributed by atoms with E-state index in [2.05, 4.69) is 31.9 Å². The van der Waals surface area contributed by atoms with Crippen LogP contribution in [0, 0.1) is 5.41 Å². The molecule has 1 saturated heterocycles. The van der Waals surface area contributed by atoms with Gasteiger partial charge in [0.25, 0.3) is 0 Å². The number of rotatable bonds is 8. The third-order valence-electron chi connectivity index (χ3n) is 3.90. The normalized spacial score (nSPS) is 22.2. The molecule has 1 fully saturated rings. The molecule has 2 atom stereocenters. The second kappa shape index (κ2) is 9.66. The highest BCUT2D eigenvalue weighted by Crippen LogP contribution is 2.34. The van der Waals surface area contributed by atoms with Gasteiger partial charge in [0.15, 0.2) is 5.79 Å². The number of amides is 3. The molecule has 150 valence electrons. The van der Waals surface area contributed by atoms with Crippen LogP contribution in [0.1, 0.15) is 41.0 Å². The van der Waals surface area contributed by atoms with Crippen LogP contribution in [0.2, 0.25) is 0 Å². The second-order valence-corrected chi connectivity index (χ2v) is 8.85. The molecule has 0 bridgehead atoms. The van der Waals surface area contributed by atoms with E-state index < -0.39 is 17.3 Å². The van der Waals surface area contributed by atoms with Gasteiger partial charge >= 0.3 is 0 Å². The Balaban J connectivity index is 2.28. The Morgan fingerprint density at radius 3 is 2.31 bits per heavy atom. The molecular weight excluding hydrogens is 406 g/mol. The summed E-state index contributed by atoms with van der Waals surface area (Å²) in [5, 5.41) is 8.10. The van der Waals surface area contributed by atoms with Crippen molar-refractivity contribution in [3.05, 3.63) is 0 Å². The van der Waals surface area contributed by atoms with Gasteiger partial charge in [0.2, 0.25) is 17.7 Å². The molecule has 0 aromatic carbocycles. The Labute approximate surface area is 163 Å². The monoisotopic (exact) mass is 435 g/mol. The van der Waals surface area contributed by atoms with Crippen LogP contribution in [0.25, 0.3) is 0 Å². The highest BCUT2D eigenvalue weighted by atomic mass is 79.9. The molecule has 9 heteroatoms. The topological polar surface area (TPSA) is 106 Å². The first-order valence-corrected chi connectivity index (χ1v) is 9.64. The van der Waals surface area contributed by atoms with Gasteiger partial charge in [-0.2, -0.15) is 0 Å². The van der Waals surface area contributed by atoms with Crippen LogP contribution >= 0.6 is 15.9 Å². The van der Waals surface area contributed by atoms with Crippen LogP contribution in [0.5, 0.6) is 0 Å². The molecule has 1 aliphatic heterocycles. The third kappa shape index (κ3) is 7.59. The Kier molecular flexibility index (Phi) is 8.49. The predicted octanol–water partition coefficient (Wildman–Crippen LogP) is 0.686. The maximum absolute atomic E-state index is 12.4. The lowest BCUT2D eigenvalue weighted by atomic mass is 9.85. The van der Waals surface area contributed by atoms with Gasteiger partial charge < -0.3 is 25.4 Å². The highest BCUT2D eigenvalue weighted by molar-refractivity contribution is 9.10. The number of carbonyl (C=O) groups is 3. The molecule has 0 aromatic heterocycles. The maximum Gasteiger partial charge on any atom is 0.249 e. The van der Waals surface area contributed by atoms with Crippen molar-refractivity contribution in [1.29, 1.82) is 0 Å². The van der Waals surface area contributed by atoms with Crippen LogP contribution in [-0.2, 0) is 23.9 Å². The fourth-order valence-electron chi connectivity index (χ4n) is 2.33. The number of halogens is 1. The summed E-state index contributed by atoms with van der Waals surface area (Å²) in [5.41, 5.74) is -0.452. The Bertz CT molecular complexity index is 523. The molecule has 1 aliphatic rings. The molecule has 0 saturated carbocycles. The molecule has 3 amide bonds. The van der Waals surface area contributed by atoms with Crippen LogP contribution in [-0.4, -0.2) is 60.7 Å². The van der Waals surface area contributed by atoms with E-state index in [0.29, 0.717) is 19.7 Å².